The highest BCUT2D eigenvalue weighted by atomic mass is 16.1. The Kier molecular flexibility index (Phi) is 3.75. The van der Waals surface area contributed by atoms with Crippen LogP contribution in [0.2, 0.25) is 0 Å². The van der Waals surface area contributed by atoms with E-state index in [0.29, 0.717) is 29.8 Å². The van der Waals surface area contributed by atoms with Gasteiger partial charge in [-0.05, 0) is 25.0 Å². The molecule has 0 aliphatic carbocycles. The monoisotopic (exact) mass is 292 g/mol. The van der Waals surface area contributed by atoms with Gasteiger partial charge in [0.2, 0.25) is 0 Å². The average Bonchev–Trinajstić information content (AvgIpc) is 3.03. The Morgan fingerprint density at radius 2 is 2.14 bits per heavy atom. The first-order chi connectivity index (χ1) is 10.8. The standard InChI is InChI=1S/C17H16N4O/c1-2-10-19-16-14(12-18)15-9-6-11-20(15)17(22)21(16)13-7-4-3-5-8-13/h2-5,7-8H,1,6,9-11H2. The highest BCUT2D eigenvalue weighted by Gasteiger charge is 2.21. The molecule has 0 bridgehead atoms. The molecule has 1 aromatic heterocycles. The molecule has 22 heavy (non-hydrogen) atoms. The highest BCUT2D eigenvalue weighted by Crippen LogP contribution is 2.14. The molecule has 1 aliphatic heterocycles. The maximum atomic E-state index is 12.8. The van der Waals surface area contributed by atoms with Crippen molar-refractivity contribution in [1.29, 1.82) is 5.26 Å². The number of benzene rings is 1. The molecule has 2 heterocycles. The maximum absolute atomic E-state index is 12.8. The molecular formula is C17H16N4O. The molecule has 2 aromatic rings. The molecule has 0 saturated carbocycles. The van der Waals surface area contributed by atoms with Crippen LogP contribution in [0.3, 0.4) is 0 Å². The molecule has 3 rings (SSSR count). The molecule has 0 N–H and O–H groups in total. The van der Waals surface area contributed by atoms with Gasteiger partial charge in [-0.25, -0.2) is 9.36 Å². The van der Waals surface area contributed by atoms with E-state index in [9.17, 15) is 10.1 Å². The second-order valence-electron chi connectivity index (χ2n) is 5.10. The van der Waals surface area contributed by atoms with Gasteiger partial charge in [-0.1, -0.05) is 24.3 Å². The SMILES string of the molecule is C=CCN=c1c(C#N)c2n(c(=O)n1-c1ccccc1)CCC2. The molecule has 5 heteroatoms. The molecule has 0 fully saturated rings. The van der Waals surface area contributed by atoms with Gasteiger partial charge in [0.05, 0.1) is 12.2 Å². The van der Waals surface area contributed by atoms with Crippen molar-refractivity contribution in [2.24, 2.45) is 4.99 Å². The molecule has 1 aliphatic rings. The van der Waals surface area contributed by atoms with Crippen molar-refractivity contribution < 1.29 is 0 Å². The molecule has 110 valence electrons. The van der Waals surface area contributed by atoms with E-state index in [-0.39, 0.29) is 5.69 Å². The van der Waals surface area contributed by atoms with E-state index in [1.54, 1.807) is 10.6 Å². The van der Waals surface area contributed by atoms with Crippen LogP contribution in [0, 0.1) is 11.3 Å². The fraction of sp³-hybridized carbons (Fsp3) is 0.235. The van der Waals surface area contributed by atoms with E-state index >= 15 is 0 Å². The summed E-state index contributed by atoms with van der Waals surface area (Å²) in [7, 11) is 0. The van der Waals surface area contributed by atoms with E-state index in [1.807, 2.05) is 30.3 Å². The Morgan fingerprint density at radius 3 is 2.82 bits per heavy atom. The van der Waals surface area contributed by atoms with E-state index in [1.165, 1.54) is 4.57 Å². The normalized spacial score (nSPS) is 13.7. The maximum Gasteiger partial charge on any atom is 0.334 e. The number of nitriles is 1. The smallest absolute Gasteiger partial charge is 0.296 e. The predicted octanol–water partition coefficient (Wildman–Crippen LogP) is 1.54. The van der Waals surface area contributed by atoms with Crippen molar-refractivity contribution in [2.75, 3.05) is 6.54 Å². The molecular weight excluding hydrogens is 276 g/mol. The number of fused-ring (bicyclic) bond motifs is 1. The van der Waals surface area contributed by atoms with Crippen molar-refractivity contribution in [1.82, 2.24) is 9.13 Å². The fourth-order valence-electron chi connectivity index (χ4n) is 2.82. The summed E-state index contributed by atoms with van der Waals surface area (Å²) in [5.74, 6) is 0. The molecule has 1 aromatic carbocycles. The van der Waals surface area contributed by atoms with Gasteiger partial charge in [-0.15, -0.1) is 6.58 Å². The van der Waals surface area contributed by atoms with Crippen molar-refractivity contribution in [2.45, 2.75) is 19.4 Å². The largest absolute Gasteiger partial charge is 0.334 e. The van der Waals surface area contributed by atoms with Crippen molar-refractivity contribution in [3.8, 4) is 11.8 Å². The summed E-state index contributed by atoms with van der Waals surface area (Å²) < 4.78 is 3.22. The average molecular weight is 292 g/mol. The van der Waals surface area contributed by atoms with Gasteiger partial charge in [0, 0.05) is 12.2 Å². The number of hydrogen-bond acceptors (Lipinski definition) is 3. The molecule has 0 saturated heterocycles. The first-order valence-electron chi connectivity index (χ1n) is 7.23. The number of rotatable bonds is 3. The number of para-hydroxylation sites is 1. The number of nitrogens with zero attached hydrogens (tertiary/aromatic N) is 4. The topological polar surface area (TPSA) is 63.1 Å². The van der Waals surface area contributed by atoms with E-state index in [0.717, 1.165) is 18.5 Å². The molecule has 0 amide bonds. The summed E-state index contributed by atoms with van der Waals surface area (Å²) in [6.45, 7) is 4.68. The lowest BCUT2D eigenvalue weighted by atomic mass is 10.2. The Morgan fingerprint density at radius 1 is 1.36 bits per heavy atom. The van der Waals surface area contributed by atoms with Crippen LogP contribution in [0.15, 0.2) is 52.8 Å². The van der Waals surface area contributed by atoms with E-state index < -0.39 is 0 Å². The third-order valence-corrected chi connectivity index (χ3v) is 3.76. The Balaban J connectivity index is 2.45. The molecule has 0 atom stereocenters. The summed E-state index contributed by atoms with van der Waals surface area (Å²) in [5.41, 5.74) is 2.28. The Hall–Kier alpha value is -2.87. The zero-order chi connectivity index (χ0) is 15.5. The van der Waals surface area contributed by atoms with E-state index in [4.69, 9.17) is 0 Å². The van der Waals surface area contributed by atoms with Crippen molar-refractivity contribution in [3.63, 3.8) is 0 Å². The summed E-state index contributed by atoms with van der Waals surface area (Å²) in [6, 6.07) is 11.5. The quantitative estimate of drug-likeness (QED) is 0.806. The van der Waals surface area contributed by atoms with Crippen molar-refractivity contribution >= 4 is 0 Å². The molecule has 0 spiro atoms. The minimum atomic E-state index is -0.138. The zero-order valence-corrected chi connectivity index (χ0v) is 12.2. The number of aromatic nitrogens is 2. The summed E-state index contributed by atoms with van der Waals surface area (Å²) in [6.07, 6.45) is 3.27. The molecule has 0 unspecified atom stereocenters. The minimum absolute atomic E-state index is 0.138. The van der Waals surface area contributed by atoms with Gasteiger partial charge in [-0.2, -0.15) is 5.26 Å². The lowest BCUT2D eigenvalue weighted by Gasteiger charge is -2.13. The van der Waals surface area contributed by atoms with Gasteiger partial charge in [-0.3, -0.25) is 9.56 Å². The summed E-state index contributed by atoms with van der Waals surface area (Å²) >= 11 is 0. The second kappa shape index (κ2) is 5.86. The van der Waals surface area contributed by atoms with Crippen LogP contribution in [-0.4, -0.2) is 15.7 Å². The van der Waals surface area contributed by atoms with Crippen LogP contribution in [0.4, 0.5) is 0 Å². The number of hydrogen-bond donors (Lipinski definition) is 0. The fourth-order valence-corrected chi connectivity index (χ4v) is 2.82. The summed E-state index contributed by atoms with van der Waals surface area (Å²) in [5, 5.41) is 9.58. The first kappa shape index (κ1) is 14.1. The molecule has 5 nitrogen and oxygen atoms in total. The van der Waals surface area contributed by atoms with E-state index in [2.05, 4.69) is 17.6 Å². The van der Waals surface area contributed by atoms with Gasteiger partial charge >= 0.3 is 5.69 Å². The lowest BCUT2D eigenvalue weighted by molar-refractivity contribution is 0.655. The van der Waals surface area contributed by atoms with Crippen LogP contribution < -0.4 is 11.2 Å². The van der Waals surface area contributed by atoms with Crippen molar-refractivity contribution in [3.05, 3.63) is 70.2 Å². The lowest BCUT2D eigenvalue weighted by Crippen LogP contribution is -2.41. The highest BCUT2D eigenvalue weighted by molar-refractivity contribution is 5.38. The second-order valence-corrected chi connectivity index (χ2v) is 5.10. The minimum Gasteiger partial charge on any atom is -0.296 e. The van der Waals surface area contributed by atoms with Gasteiger partial charge in [0.15, 0.2) is 5.49 Å². The Bertz CT molecular complexity index is 882. The van der Waals surface area contributed by atoms with Gasteiger partial charge < -0.3 is 0 Å². The first-order valence-corrected chi connectivity index (χ1v) is 7.23. The molecule has 0 radical (unpaired) electrons. The van der Waals surface area contributed by atoms with Gasteiger partial charge in [0.1, 0.15) is 11.6 Å². The zero-order valence-electron chi connectivity index (χ0n) is 12.2. The third-order valence-electron chi connectivity index (χ3n) is 3.76. The van der Waals surface area contributed by atoms with Crippen LogP contribution in [0.25, 0.3) is 5.69 Å². The van der Waals surface area contributed by atoms with Crippen LogP contribution >= 0.6 is 0 Å². The van der Waals surface area contributed by atoms with Gasteiger partial charge in [0.25, 0.3) is 0 Å². The van der Waals surface area contributed by atoms with Crippen LogP contribution in [0.5, 0.6) is 0 Å². The predicted molar refractivity (Wildman–Crippen MR) is 83.7 cm³/mol. The Labute approximate surface area is 128 Å². The van der Waals surface area contributed by atoms with Crippen LogP contribution in [-0.2, 0) is 13.0 Å². The van der Waals surface area contributed by atoms with Crippen LogP contribution in [0.1, 0.15) is 17.7 Å². The summed E-state index contributed by atoms with van der Waals surface area (Å²) in [4.78, 5) is 17.3. The third kappa shape index (κ3) is 2.19.